The van der Waals surface area contributed by atoms with Gasteiger partial charge in [0.1, 0.15) is 5.78 Å². The molecule has 15 heavy (non-hydrogen) atoms. The topological polar surface area (TPSA) is 26.3 Å². The van der Waals surface area contributed by atoms with Gasteiger partial charge < -0.3 is 4.74 Å². The van der Waals surface area contributed by atoms with E-state index in [0.717, 1.165) is 10.6 Å². The van der Waals surface area contributed by atoms with Gasteiger partial charge in [-0.2, -0.15) is 0 Å². The predicted octanol–water partition coefficient (Wildman–Crippen LogP) is 2.59. The zero-order valence-electron chi connectivity index (χ0n) is 8.63. The molecule has 0 aromatic heterocycles. The van der Waals surface area contributed by atoms with Crippen LogP contribution in [0.15, 0.2) is 24.3 Å². The van der Waals surface area contributed by atoms with Crippen molar-refractivity contribution in [2.75, 3.05) is 13.2 Å². The number of carbonyl (C=O) groups excluding carboxylic acids is 1. The Morgan fingerprint density at radius 3 is 2.60 bits per heavy atom. The average molecular weight is 225 g/mol. The zero-order chi connectivity index (χ0) is 10.9. The van der Waals surface area contributed by atoms with Crippen molar-refractivity contribution in [3.8, 4) is 0 Å². The molecule has 0 amide bonds. The number of hydrogen-bond donors (Lipinski definition) is 0. The summed E-state index contributed by atoms with van der Waals surface area (Å²) >= 11 is 6.14. The number of carbonyl (C=O) groups is 1. The van der Waals surface area contributed by atoms with E-state index in [1.165, 1.54) is 0 Å². The Balaban J connectivity index is 2.34. The molecule has 1 aliphatic heterocycles. The second-order valence-corrected chi connectivity index (χ2v) is 4.54. The van der Waals surface area contributed by atoms with E-state index in [1.807, 2.05) is 24.3 Å². The van der Waals surface area contributed by atoms with Crippen LogP contribution in [0.1, 0.15) is 18.9 Å². The molecule has 0 unspecified atom stereocenters. The van der Waals surface area contributed by atoms with E-state index in [-0.39, 0.29) is 11.2 Å². The molecule has 1 aromatic rings. The molecule has 3 heteroatoms. The summed E-state index contributed by atoms with van der Waals surface area (Å²) in [4.78, 5) is 11.2. The van der Waals surface area contributed by atoms with Crippen LogP contribution in [0.4, 0.5) is 0 Å². The minimum Gasteiger partial charge on any atom is -0.379 e. The normalized spacial score (nSPS) is 18.3. The molecule has 0 spiro atoms. The van der Waals surface area contributed by atoms with Gasteiger partial charge in [0.05, 0.1) is 18.6 Å². The Kier molecular flexibility index (Phi) is 2.81. The maximum Gasteiger partial charge on any atom is 0.130 e. The summed E-state index contributed by atoms with van der Waals surface area (Å²) in [6.45, 7) is 2.80. The summed E-state index contributed by atoms with van der Waals surface area (Å²) in [5, 5.41) is 0.724. The van der Waals surface area contributed by atoms with Crippen molar-refractivity contribution in [1.82, 2.24) is 0 Å². The summed E-state index contributed by atoms with van der Waals surface area (Å²) in [7, 11) is 0. The predicted molar refractivity (Wildman–Crippen MR) is 59.2 cm³/mol. The largest absolute Gasteiger partial charge is 0.379 e. The minimum atomic E-state index is -0.176. The van der Waals surface area contributed by atoms with E-state index in [4.69, 9.17) is 16.3 Å². The fourth-order valence-electron chi connectivity index (χ4n) is 2.07. The Morgan fingerprint density at radius 1 is 1.47 bits per heavy atom. The van der Waals surface area contributed by atoms with Crippen molar-refractivity contribution in [1.29, 1.82) is 0 Å². The lowest BCUT2D eigenvalue weighted by Crippen LogP contribution is -2.48. The van der Waals surface area contributed by atoms with Gasteiger partial charge in [-0.05, 0) is 18.6 Å². The van der Waals surface area contributed by atoms with E-state index in [2.05, 4.69) is 0 Å². The number of halogens is 1. The highest BCUT2D eigenvalue weighted by Crippen LogP contribution is 2.39. The molecule has 1 aromatic carbocycles. The maximum atomic E-state index is 11.2. The Labute approximate surface area is 94.2 Å². The van der Waals surface area contributed by atoms with Crippen molar-refractivity contribution in [2.24, 2.45) is 0 Å². The van der Waals surface area contributed by atoms with Gasteiger partial charge in [0.15, 0.2) is 0 Å². The lowest BCUT2D eigenvalue weighted by atomic mass is 9.75. The third-order valence-corrected chi connectivity index (χ3v) is 3.12. The highest BCUT2D eigenvalue weighted by molar-refractivity contribution is 6.31. The molecule has 0 radical (unpaired) electrons. The van der Waals surface area contributed by atoms with Gasteiger partial charge in [-0.15, -0.1) is 0 Å². The Bertz CT molecular complexity index is 383. The standard InChI is InChI=1S/C12H13ClO2/c1-9(14)6-12(7-15-8-12)10-4-2-3-5-11(10)13/h2-5H,6-8H2,1H3. The van der Waals surface area contributed by atoms with Gasteiger partial charge in [-0.25, -0.2) is 0 Å². The zero-order valence-corrected chi connectivity index (χ0v) is 9.38. The lowest BCUT2D eigenvalue weighted by molar-refractivity contribution is -0.125. The molecule has 2 nitrogen and oxygen atoms in total. The number of ketones is 1. The molecular formula is C12H13ClO2. The molecule has 1 fully saturated rings. The molecule has 0 atom stereocenters. The van der Waals surface area contributed by atoms with Crippen molar-refractivity contribution < 1.29 is 9.53 Å². The molecule has 80 valence electrons. The van der Waals surface area contributed by atoms with Crippen LogP contribution in [0.5, 0.6) is 0 Å². The van der Waals surface area contributed by atoms with Crippen molar-refractivity contribution in [2.45, 2.75) is 18.8 Å². The first-order valence-corrected chi connectivity index (χ1v) is 5.34. The quantitative estimate of drug-likeness (QED) is 0.789. The number of ether oxygens (including phenoxy) is 1. The molecule has 2 rings (SSSR count). The smallest absolute Gasteiger partial charge is 0.130 e. The third-order valence-electron chi connectivity index (χ3n) is 2.79. The van der Waals surface area contributed by atoms with Crippen LogP contribution in [0.2, 0.25) is 5.02 Å². The van der Waals surface area contributed by atoms with Crippen molar-refractivity contribution >= 4 is 17.4 Å². The third kappa shape index (κ3) is 1.92. The summed E-state index contributed by atoms with van der Waals surface area (Å²) < 4.78 is 5.24. The number of benzene rings is 1. The lowest BCUT2D eigenvalue weighted by Gasteiger charge is -2.41. The number of Topliss-reactive ketones (excluding diaryl/α,β-unsaturated/α-hetero) is 1. The van der Waals surface area contributed by atoms with Crippen LogP contribution in [0, 0.1) is 0 Å². The van der Waals surface area contributed by atoms with Gasteiger partial charge in [-0.1, -0.05) is 29.8 Å². The van der Waals surface area contributed by atoms with Crippen molar-refractivity contribution in [3.05, 3.63) is 34.9 Å². The van der Waals surface area contributed by atoms with E-state index in [0.29, 0.717) is 19.6 Å². The van der Waals surface area contributed by atoms with Crippen LogP contribution in [-0.4, -0.2) is 19.0 Å². The van der Waals surface area contributed by atoms with Gasteiger partial charge in [0, 0.05) is 11.4 Å². The van der Waals surface area contributed by atoms with Crippen LogP contribution in [0.3, 0.4) is 0 Å². The molecular weight excluding hydrogens is 212 g/mol. The van der Waals surface area contributed by atoms with Crippen LogP contribution >= 0.6 is 11.6 Å². The van der Waals surface area contributed by atoms with Gasteiger partial charge >= 0.3 is 0 Å². The van der Waals surface area contributed by atoms with E-state index in [9.17, 15) is 4.79 Å². The highest BCUT2D eigenvalue weighted by atomic mass is 35.5. The second-order valence-electron chi connectivity index (χ2n) is 4.13. The van der Waals surface area contributed by atoms with Crippen LogP contribution in [-0.2, 0) is 14.9 Å². The first-order valence-electron chi connectivity index (χ1n) is 4.96. The molecule has 1 saturated heterocycles. The monoisotopic (exact) mass is 224 g/mol. The second kappa shape index (κ2) is 3.95. The van der Waals surface area contributed by atoms with E-state index in [1.54, 1.807) is 6.92 Å². The highest BCUT2D eigenvalue weighted by Gasteiger charge is 2.42. The Hall–Kier alpha value is -0.860. The molecule has 0 aliphatic carbocycles. The summed E-state index contributed by atoms with van der Waals surface area (Å²) in [5.74, 6) is 0.179. The minimum absolute atomic E-state index is 0.176. The summed E-state index contributed by atoms with van der Waals surface area (Å²) in [6, 6.07) is 7.68. The van der Waals surface area contributed by atoms with Crippen LogP contribution in [0.25, 0.3) is 0 Å². The Morgan fingerprint density at radius 2 is 2.13 bits per heavy atom. The first-order chi connectivity index (χ1) is 7.14. The number of rotatable bonds is 3. The molecule has 0 saturated carbocycles. The fraction of sp³-hybridized carbons (Fsp3) is 0.417. The van der Waals surface area contributed by atoms with Gasteiger partial charge in [0.2, 0.25) is 0 Å². The average Bonchev–Trinajstić information content (AvgIpc) is 2.12. The first kappa shape index (κ1) is 10.7. The molecule has 0 N–H and O–H groups in total. The molecule has 1 heterocycles. The van der Waals surface area contributed by atoms with E-state index < -0.39 is 0 Å². The van der Waals surface area contributed by atoms with Crippen LogP contribution < -0.4 is 0 Å². The molecule has 1 aliphatic rings. The van der Waals surface area contributed by atoms with Gasteiger partial charge in [-0.3, -0.25) is 4.79 Å². The van der Waals surface area contributed by atoms with E-state index >= 15 is 0 Å². The molecule has 0 bridgehead atoms. The van der Waals surface area contributed by atoms with Crippen molar-refractivity contribution in [3.63, 3.8) is 0 Å². The maximum absolute atomic E-state index is 11.2. The van der Waals surface area contributed by atoms with Gasteiger partial charge in [0.25, 0.3) is 0 Å². The summed E-state index contributed by atoms with van der Waals surface area (Å²) in [6.07, 6.45) is 0.511. The fourth-order valence-corrected chi connectivity index (χ4v) is 2.41. The number of hydrogen-bond acceptors (Lipinski definition) is 2. The summed E-state index contributed by atoms with van der Waals surface area (Å²) in [5.41, 5.74) is 0.859. The SMILES string of the molecule is CC(=O)CC1(c2ccccc2Cl)COC1.